The zero-order chi connectivity index (χ0) is 16.2. The summed E-state index contributed by atoms with van der Waals surface area (Å²) >= 11 is 0. The van der Waals surface area contributed by atoms with E-state index in [1.165, 1.54) is 43.5 Å². The molecule has 0 fully saturated rings. The lowest BCUT2D eigenvalue weighted by molar-refractivity contribution is -0.138. The highest BCUT2D eigenvalue weighted by Crippen LogP contribution is 2.33. The number of rotatable bonds is 5. The maximum Gasteiger partial charge on any atom is 0.416 e. The predicted molar refractivity (Wildman–Crippen MR) is 74.2 cm³/mol. The molecule has 116 valence electrons. The molecule has 0 atom stereocenters. The summed E-state index contributed by atoms with van der Waals surface area (Å²) in [5, 5.41) is 0. The van der Waals surface area contributed by atoms with Gasteiger partial charge in [0, 0.05) is 11.1 Å². The molecule has 22 heavy (non-hydrogen) atoms. The Morgan fingerprint density at radius 1 is 1.09 bits per heavy atom. The van der Waals surface area contributed by atoms with Crippen molar-refractivity contribution in [3.05, 3.63) is 59.2 Å². The van der Waals surface area contributed by atoms with Crippen molar-refractivity contribution in [2.45, 2.75) is 12.8 Å². The molecular weight excluding hydrogens is 297 g/mol. The third kappa shape index (κ3) is 3.58. The molecule has 0 saturated carbocycles. The van der Waals surface area contributed by atoms with Gasteiger partial charge in [-0.1, -0.05) is 18.2 Å². The van der Waals surface area contributed by atoms with Crippen molar-refractivity contribution >= 4 is 6.29 Å². The van der Waals surface area contributed by atoms with Crippen LogP contribution in [0.4, 0.5) is 13.2 Å². The smallest absolute Gasteiger partial charge is 0.416 e. The van der Waals surface area contributed by atoms with Crippen LogP contribution < -0.4 is 9.47 Å². The molecule has 2 rings (SSSR count). The van der Waals surface area contributed by atoms with E-state index in [1.807, 2.05) is 0 Å². The van der Waals surface area contributed by atoms with Crippen LogP contribution in [0.1, 0.15) is 21.5 Å². The normalized spacial score (nSPS) is 11.1. The van der Waals surface area contributed by atoms with Gasteiger partial charge in [0.1, 0.15) is 12.9 Å². The van der Waals surface area contributed by atoms with Gasteiger partial charge in [-0.05, 0) is 24.3 Å². The number of hydrogen-bond donors (Lipinski definition) is 0. The van der Waals surface area contributed by atoms with Crippen LogP contribution in [-0.4, -0.2) is 13.4 Å². The predicted octanol–water partition coefficient (Wildman–Crippen LogP) is 4.11. The maximum absolute atomic E-state index is 12.9. The number of carbonyl (C=O) groups is 1. The summed E-state index contributed by atoms with van der Waals surface area (Å²) in [6, 6.07) is 9.64. The van der Waals surface area contributed by atoms with Gasteiger partial charge in [0.25, 0.3) is 0 Å². The molecule has 0 N–H and O–H groups in total. The number of ether oxygens (including phenoxy) is 2. The van der Waals surface area contributed by atoms with Crippen LogP contribution in [0.3, 0.4) is 0 Å². The minimum Gasteiger partial charge on any atom is -0.493 e. The SMILES string of the molecule is COc1cc(C=O)ccc1OCc1ccccc1C(F)(F)F. The molecule has 2 aromatic carbocycles. The Labute approximate surface area is 125 Å². The fourth-order valence-corrected chi connectivity index (χ4v) is 1.95. The molecular formula is C16H13F3O3. The standard InChI is InChI=1S/C16H13F3O3/c1-21-15-8-11(9-20)6-7-14(15)22-10-12-4-2-3-5-13(12)16(17,18)19/h2-9H,10H2,1H3. The molecule has 0 spiro atoms. The van der Waals surface area contributed by atoms with Gasteiger partial charge >= 0.3 is 6.18 Å². The van der Waals surface area contributed by atoms with E-state index < -0.39 is 11.7 Å². The lowest BCUT2D eigenvalue weighted by Gasteiger charge is -2.15. The highest BCUT2D eigenvalue weighted by Gasteiger charge is 2.33. The third-order valence-corrected chi connectivity index (χ3v) is 3.03. The number of halogens is 3. The maximum atomic E-state index is 12.9. The zero-order valence-electron chi connectivity index (χ0n) is 11.7. The van der Waals surface area contributed by atoms with E-state index in [0.29, 0.717) is 11.8 Å². The number of methoxy groups -OCH3 is 1. The molecule has 0 aliphatic heterocycles. The Bertz CT molecular complexity index is 666. The average Bonchev–Trinajstić information content (AvgIpc) is 2.52. The van der Waals surface area contributed by atoms with Crippen LogP contribution in [0.2, 0.25) is 0 Å². The summed E-state index contributed by atoms with van der Waals surface area (Å²) in [7, 11) is 1.39. The van der Waals surface area contributed by atoms with Gasteiger partial charge in [-0.3, -0.25) is 4.79 Å². The Kier molecular flexibility index (Phi) is 4.70. The van der Waals surface area contributed by atoms with Crippen LogP contribution in [0, 0.1) is 0 Å². The van der Waals surface area contributed by atoms with Crippen molar-refractivity contribution in [3.63, 3.8) is 0 Å². The van der Waals surface area contributed by atoms with Crippen molar-refractivity contribution in [1.29, 1.82) is 0 Å². The molecule has 0 aromatic heterocycles. The molecule has 3 nitrogen and oxygen atoms in total. The summed E-state index contributed by atoms with van der Waals surface area (Å²) in [4.78, 5) is 10.7. The van der Waals surface area contributed by atoms with Crippen LogP contribution in [0.25, 0.3) is 0 Å². The van der Waals surface area contributed by atoms with Gasteiger partial charge in [-0.15, -0.1) is 0 Å². The van der Waals surface area contributed by atoms with Crippen molar-refractivity contribution in [2.24, 2.45) is 0 Å². The average molecular weight is 310 g/mol. The van der Waals surface area contributed by atoms with E-state index in [0.717, 1.165) is 6.07 Å². The van der Waals surface area contributed by atoms with Gasteiger partial charge in [0.05, 0.1) is 12.7 Å². The van der Waals surface area contributed by atoms with E-state index in [2.05, 4.69) is 0 Å². The molecule has 0 amide bonds. The third-order valence-electron chi connectivity index (χ3n) is 3.03. The number of alkyl halides is 3. The monoisotopic (exact) mass is 310 g/mol. The van der Waals surface area contributed by atoms with Crippen molar-refractivity contribution in [2.75, 3.05) is 7.11 Å². The fourth-order valence-electron chi connectivity index (χ4n) is 1.95. The van der Waals surface area contributed by atoms with Gasteiger partial charge in [-0.2, -0.15) is 13.2 Å². The number of hydrogen-bond acceptors (Lipinski definition) is 3. The first-order valence-corrected chi connectivity index (χ1v) is 6.37. The van der Waals surface area contributed by atoms with Crippen molar-refractivity contribution in [3.8, 4) is 11.5 Å². The van der Waals surface area contributed by atoms with E-state index in [1.54, 1.807) is 0 Å². The Morgan fingerprint density at radius 2 is 1.82 bits per heavy atom. The minimum atomic E-state index is -4.44. The Balaban J connectivity index is 2.23. The molecule has 0 bridgehead atoms. The zero-order valence-corrected chi connectivity index (χ0v) is 11.7. The van der Waals surface area contributed by atoms with Crippen LogP contribution >= 0.6 is 0 Å². The molecule has 2 aromatic rings. The fraction of sp³-hybridized carbons (Fsp3) is 0.188. The molecule has 0 aliphatic carbocycles. The van der Waals surface area contributed by atoms with E-state index >= 15 is 0 Å². The molecule has 0 saturated heterocycles. The van der Waals surface area contributed by atoms with Gasteiger partial charge in [0.15, 0.2) is 11.5 Å². The highest BCUT2D eigenvalue weighted by atomic mass is 19.4. The molecule has 0 aliphatic rings. The second-order valence-corrected chi connectivity index (χ2v) is 4.47. The van der Waals surface area contributed by atoms with Gasteiger partial charge in [0.2, 0.25) is 0 Å². The Hall–Kier alpha value is -2.50. The lowest BCUT2D eigenvalue weighted by Crippen LogP contribution is -2.10. The number of aldehydes is 1. The lowest BCUT2D eigenvalue weighted by atomic mass is 10.1. The van der Waals surface area contributed by atoms with Gasteiger partial charge < -0.3 is 9.47 Å². The second kappa shape index (κ2) is 6.51. The first kappa shape index (κ1) is 15.9. The first-order chi connectivity index (χ1) is 10.5. The Morgan fingerprint density at radius 3 is 2.45 bits per heavy atom. The van der Waals surface area contributed by atoms with Crippen LogP contribution in [0.15, 0.2) is 42.5 Å². The second-order valence-electron chi connectivity index (χ2n) is 4.47. The van der Waals surface area contributed by atoms with Crippen molar-refractivity contribution in [1.82, 2.24) is 0 Å². The molecule has 6 heteroatoms. The summed E-state index contributed by atoms with van der Waals surface area (Å²) in [6.07, 6.45) is -3.79. The minimum absolute atomic E-state index is 0.0246. The summed E-state index contributed by atoms with van der Waals surface area (Å²) in [5.74, 6) is 0.555. The summed E-state index contributed by atoms with van der Waals surface area (Å²) in [5.41, 5.74) is -0.324. The highest BCUT2D eigenvalue weighted by molar-refractivity contribution is 5.76. The van der Waals surface area contributed by atoms with Crippen LogP contribution in [0.5, 0.6) is 11.5 Å². The number of carbonyl (C=O) groups excluding carboxylic acids is 1. The van der Waals surface area contributed by atoms with E-state index in [9.17, 15) is 18.0 Å². The molecule has 0 unspecified atom stereocenters. The largest absolute Gasteiger partial charge is 0.493 e. The van der Waals surface area contributed by atoms with Crippen molar-refractivity contribution < 1.29 is 27.4 Å². The van der Waals surface area contributed by atoms with E-state index in [-0.39, 0.29) is 23.7 Å². The quantitative estimate of drug-likeness (QED) is 0.780. The molecule has 0 heterocycles. The topological polar surface area (TPSA) is 35.5 Å². The summed E-state index contributed by atoms with van der Waals surface area (Å²) < 4.78 is 49.2. The molecule has 0 radical (unpaired) electrons. The van der Waals surface area contributed by atoms with Crippen LogP contribution in [-0.2, 0) is 12.8 Å². The summed E-state index contributed by atoms with van der Waals surface area (Å²) in [6.45, 7) is -0.257. The van der Waals surface area contributed by atoms with E-state index in [4.69, 9.17) is 9.47 Å². The van der Waals surface area contributed by atoms with Gasteiger partial charge in [-0.25, -0.2) is 0 Å². The number of benzene rings is 2. The first-order valence-electron chi connectivity index (χ1n) is 6.37.